The van der Waals surface area contributed by atoms with E-state index in [1.807, 2.05) is 31.2 Å². The summed E-state index contributed by atoms with van der Waals surface area (Å²) in [6, 6.07) is 9.61. The third-order valence-corrected chi connectivity index (χ3v) is 4.64. The van der Waals surface area contributed by atoms with Crippen molar-refractivity contribution in [1.29, 1.82) is 0 Å². The van der Waals surface area contributed by atoms with Gasteiger partial charge in [-0.3, -0.25) is 9.89 Å². The molecule has 0 aliphatic rings. The molecule has 0 aliphatic heterocycles. The number of methoxy groups -OCH3 is 1. The number of rotatable bonds is 8. The SMILES string of the molecule is CCSNc1ccc(-c2[nH]nc(Nc3cc(OC)ncc3C)c2C=O)cc1.CN. The van der Waals surface area contributed by atoms with E-state index in [-0.39, 0.29) is 0 Å². The minimum atomic E-state index is 0.458. The number of aromatic nitrogens is 3. The summed E-state index contributed by atoms with van der Waals surface area (Å²) >= 11 is 1.63. The summed E-state index contributed by atoms with van der Waals surface area (Å²) in [6.45, 7) is 4.00. The lowest BCUT2D eigenvalue weighted by Crippen LogP contribution is -1.99. The number of nitrogens with zero attached hydrogens (tertiary/aromatic N) is 2. The van der Waals surface area contributed by atoms with Crippen LogP contribution >= 0.6 is 11.9 Å². The van der Waals surface area contributed by atoms with Crippen molar-refractivity contribution >= 4 is 35.4 Å². The number of aldehydes is 1. The fourth-order valence-corrected chi connectivity index (χ4v) is 2.97. The number of benzene rings is 1. The van der Waals surface area contributed by atoms with Gasteiger partial charge >= 0.3 is 0 Å². The molecule has 9 heteroatoms. The van der Waals surface area contributed by atoms with Gasteiger partial charge in [-0.25, -0.2) is 4.98 Å². The monoisotopic (exact) mass is 414 g/mol. The van der Waals surface area contributed by atoms with Gasteiger partial charge in [-0.05, 0) is 31.7 Å². The van der Waals surface area contributed by atoms with Crippen LogP contribution in [0.1, 0.15) is 22.8 Å². The molecule has 3 rings (SSSR count). The molecule has 0 saturated heterocycles. The van der Waals surface area contributed by atoms with Gasteiger partial charge in [0.1, 0.15) is 0 Å². The summed E-state index contributed by atoms with van der Waals surface area (Å²) in [5.41, 5.74) is 9.22. The summed E-state index contributed by atoms with van der Waals surface area (Å²) in [5.74, 6) is 1.92. The Hall–Kier alpha value is -3.04. The molecule has 0 bridgehead atoms. The van der Waals surface area contributed by atoms with Gasteiger partial charge in [-0.1, -0.05) is 31.0 Å². The molecule has 0 radical (unpaired) electrons. The Morgan fingerprint density at radius 1 is 1.28 bits per heavy atom. The molecule has 8 nitrogen and oxygen atoms in total. The van der Waals surface area contributed by atoms with Crippen LogP contribution in [-0.4, -0.2) is 41.4 Å². The van der Waals surface area contributed by atoms with Crippen LogP contribution in [0.2, 0.25) is 0 Å². The molecule has 5 N–H and O–H groups in total. The molecule has 0 saturated carbocycles. The topological polar surface area (TPSA) is 118 Å². The molecule has 29 heavy (non-hydrogen) atoms. The van der Waals surface area contributed by atoms with Gasteiger partial charge in [-0.2, -0.15) is 5.10 Å². The third kappa shape index (κ3) is 5.49. The Balaban J connectivity index is 0.00000145. The number of pyridine rings is 1. The maximum atomic E-state index is 11.7. The van der Waals surface area contributed by atoms with E-state index in [2.05, 4.69) is 37.9 Å². The number of ether oxygens (including phenoxy) is 1. The fourth-order valence-electron chi connectivity index (χ4n) is 2.52. The maximum absolute atomic E-state index is 11.7. The Kier molecular flexibility index (Phi) is 8.50. The van der Waals surface area contributed by atoms with E-state index in [0.29, 0.717) is 23.0 Å². The van der Waals surface area contributed by atoms with Crippen molar-refractivity contribution in [3.8, 4) is 17.1 Å². The van der Waals surface area contributed by atoms with Crippen LogP contribution < -0.4 is 20.5 Å². The van der Waals surface area contributed by atoms with E-state index in [1.54, 1.807) is 31.3 Å². The van der Waals surface area contributed by atoms with E-state index < -0.39 is 0 Å². The number of anilines is 3. The second kappa shape index (κ2) is 11.1. The molecule has 154 valence electrons. The molecule has 0 atom stereocenters. The van der Waals surface area contributed by atoms with E-state index in [1.165, 1.54) is 7.05 Å². The predicted octanol–water partition coefficient (Wildman–Crippen LogP) is 4.00. The van der Waals surface area contributed by atoms with Crippen LogP contribution in [0.4, 0.5) is 17.2 Å². The van der Waals surface area contributed by atoms with E-state index in [0.717, 1.165) is 34.5 Å². The van der Waals surface area contributed by atoms with Crippen molar-refractivity contribution in [2.75, 3.05) is 29.9 Å². The van der Waals surface area contributed by atoms with Crippen LogP contribution in [0.3, 0.4) is 0 Å². The Morgan fingerprint density at radius 2 is 2.00 bits per heavy atom. The lowest BCUT2D eigenvalue weighted by Gasteiger charge is -2.09. The lowest BCUT2D eigenvalue weighted by atomic mass is 10.1. The molecule has 1 aromatic carbocycles. The zero-order chi connectivity index (χ0) is 21.2. The quantitative estimate of drug-likeness (QED) is 0.323. The summed E-state index contributed by atoms with van der Waals surface area (Å²) in [5, 5.41) is 10.4. The van der Waals surface area contributed by atoms with Gasteiger partial charge in [0.25, 0.3) is 0 Å². The van der Waals surface area contributed by atoms with Crippen LogP contribution in [0.25, 0.3) is 11.3 Å². The number of nitrogens with one attached hydrogen (secondary N) is 3. The van der Waals surface area contributed by atoms with Crippen LogP contribution in [0.15, 0.2) is 36.5 Å². The number of carbonyl (C=O) groups excluding carboxylic acids is 1. The third-order valence-electron chi connectivity index (χ3n) is 3.97. The van der Waals surface area contributed by atoms with Gasteiger partial charge < -0.3 is 20.5 Å². The minimum Gasteiger partial charge on any atom is -0.481 e. The van der Waals surface area contributed by atoms with Crippen molar-refractivity contribution in [1.82, 2.24) is 15.2 Å². The van der Waals surface area contributed by atoms with Gasteiger partial charge in [0, 0.05) is 35.0 Å². The standard InChI is InChI=1S/C19H21N5O2S.CH5N/c1-4-27-24-14-7-5-13(6-8-14)18-15(11-25)19(23-22-18)21-16-9-17(26-3)20-10-12(16)2;1-2/h5-11,24H,4H2,1-3H3,(H2,20,21,22,23);2H2,1H3. The maximum Gasteiger partial charge on any atom is 0.215 e. The highest BCUT2D eigenvalue weighted by molar-refractivity contribution is 8.00. The number of hydrogen-bond acceptors (Lipinski definition) is 8. The van der Waals surface area contributed by atoms with Crippen molar-refractivity contribution in [2.24, 2.45) is 5.73 Å². The molecular weight excluding hydrogens is 388 g/mol. The second-order valence-electron chi connectivity index (χ2n) is 5.76. The molecular formula is C20H26N6O2S. The molecule has 2 aromatic heterocycles. The first-order chi connectivity index (χ1) is 14.2. The summed E-state index contributed by atoms with van der Waals surface area (Å²) < 4.78 is 8.41. The van der Waals surface area contributed by atoms with Crippen molar-refractivity contribution in [3.05, 3.63) is 47.7 Å². The number of aromatic amines is 1. The van der Waals surface area contributed by atoms with Gasteiger partial charge in [-0.15, -0.1) is 0 Å². The first kappa shape index (κ1) is 22.3. The summed E-state index contributed by atoms with van der Waals surface area (Å²) in [4.78, 5) is 15.9. The highest BCUT2D eigenvalue weighted by atomic mass is 32.2. The normalized spacial score (nSPS) is 9.97. The highest BCUT2D eigenvalue weighted by Gasteiger charge is 2.15. The average molecular weight is 415 g/mol. The molecule has 2 heterocycles. The Labute approximate surface area is 174 Å². The second-order valence-corrected chi connectivity index (χ2v) is 6.83. The van der Waals surface area contributed by atoms with Crippen LogP contribution in [-0.2, 0) is 0 Å². The molecule has 0 aliphatic carbocycles. The van der Waals surface area contributed by atoms with Crippen molar-refractivity contribution < 1.29 is 9.53 Å². The van der Waals surface area contributed by atoms with E-state index >= 15 is 0 Å². The predicted molar refractivity (Wildman–Crippen MR) is 120 cm³/mol. The van der Waals surface area contributed by atoms with Gasteiger partial charge in [0.15, 0.2) is 12.1 Å². The van der Waals surface area contributed by atoms with E-state index in [4.69, 9.17) is 4.74 Å². The zero-order valence-corrected chi connectivity index (χ0v) is 17.8. The number of carbonyl (C=O) groups is 1. The fraction of sp³-hybridized carbons (Fsp3) is 0.250. The first-order valence-electron chi connectivity index (χ1n) is 9.03. The summed E-state index contributed by atoms with van der Waals surface area (Å²) in [6.07, 6.45) is 2.50. The molecule has 0 spiro atoms. The van der Waals surface area contributed by atoms with E-state index in [9.17, 15) is 4.79 Å². The lowest BCUT2D eigenvalue weighted by molar-refractivity contribution is 0.112. The molecule has 0 fully saturated rings. The van der Waals surface area contributed by atoms with Crippen molar-refractivity contribution in [2.45, 2.75) is 13.8 Å². The zero-order valence-electron chi connectivity index (χ0n) is 16.9. The van der Waals surface area contributed by atoms with Gasteiger partial charge in [0.2, 0.25) is 5.88 Å². The van der Waals surface area contributed by atoms with Gasteiger partial charge in [0.05, 0.1) is 18.4 Å². The molecule has 3 aromatic rings. The van der Waals surface area contributed by atoms with Crippen LogP contribution in [0, 0.1) is 6.92 Å². The minimum absolute atomic E-state index is 0.458. The highest BCUT2D eigenvalue weighted by Crippen LogP contribution is 2.30. The first-order valence-corrected chi connectivity index (χ1v) is 10.0. The molecule has 0 unspecified atom stereocenters. The average Bonchev–Trinajstić information content (AvgIpc) is 3.18. The Morgan fingerprint density at radius 3 is 2.62 bits per heavy atom. The number of H-pyrrole nitrogens is 1. The number of hydrogen-bond donors (Lipinski definition) is 4. The Bertz CT molecular complexity index is 927. The van der Waals surface area contributed by atoms with Crippen molar-refractivity contribution in [3.63, 3.8) is 0 Å². The summed E-state index contributed by atoms with van der Waals surface area (Å²) in [7, 11) is 3.06. The van der Waals surface area contributed by atoms with Crippen LogP contribution in [0.5, 0.6) is 5.88 Å². The smallest absolute Gasteiger partial charge is 0.215 e. The number of aryl methyl sites for hydroxylation is 1. The molecule has 0 amide bonds. The number of nitrogens with two attached hydrogens (primary N) is 1. The largest absolute Gasteiger partial charge is 0.481 e.